The minimum absolute atomic E-state index is 0.216. The zero-order valence-electron chi connectivity index (χ0n) is 14.6. The van der Waals surface area contributed by atoms with Gasteiger partial charge in [0.2, 0.25) is 0 Å². The van der Waals surface area contributed by atoms with Gasteiger partial charge in [-0.1, -0.05) is 5.21 Å². The van der Waals surface area contributed by atoms with Crippen molar-refractivity contribution >= 4 is 11.2 Å². The Labute approximate surface area is 148 Å². The molecule has 0 unspecified atom stereocenters. The van der Waals surface area contributed by atoms with Gasteiger partial charge in [-0.25, -0.2) is 19.6 Å². The first-order valence-corrected chi connectivity index (χ1v) is 8.54. The summed E-state index contributed by atoms with van der Waals surface area (Å²) in [6.45, 7) is 5.51. The molecule has 0 aromatic carbocycles. The molecule has 1 saturated carbocycles. The number of hydrogen-bond donors (Lipinski definition) is 1. The van der Waals surface area contributed by atoms with E-state index in [1.54, 1.807) is 28.0 Å². The summed E-state index contributed by atoms with van der Waals surface area (Å²) in [4.78, 5) is 13.1. The van der Waals surface area contributed by atoms with Gasteiger partial charge in [-0.05, 0) is 20.8 Å². The number of hydrogen-bond acceptors (Lipinski definition) is 8. The van der Waals surface area contributed by atoms with Crippen molar-refractivity contribution in [1.82, 2.24) is 34.5 Å². The number of fused-ring (bicyclic) bond motifs is 2. The van der Waals surface area contributed by atoms with Crippen molar-refractivity contribution in [2.45, 2.75) is 57.3 Å². The Morgan fingerprint density at radius 2 is 2.04 bits per heavy atom. The first-order chi connectivity index (χ1) is 12.4. The predicted octanol–water partition coefficient (Wildman–Crippen LogP) is 0.541. The predicted molar refractivity (Wildman–Crippen MR) is 88.5 cm³/mol. The molecule has 0 radical (unpaired) electrons. The van der Waals surface area contributed by atoms with Gasteiger partial charge in [0.25, 0.3) is 0 Å². The summed E-state index contributed by atoms with van der Waals surface area (Å²) in [6.07, 6.45) is 4.28. The van der Waals surface area contributed by atoms with Crippen LogP contribution in [0.4, 0.5) is 0 Å². The van der Waals surface area contributed by atoms with E-state index in [9.17, 15) is 5.11 Å². The number of aliphatic hydroxyl groups is 1. The number of aliphatic hydroxyl groups excluding tert-OH is 1. The SMILES string of the molecule is Cc1nc(-n2ccnc2)c2nnn([C@@H]3C[C@H](O)[C@H]4OC(C)(C)O[C@H]43)c2n1. The summed E-state index contributed by atoms with van der Waals surface area (Å²) in [5.74, 6) is 0.483. The van der Waals surface area contributed by atoms with Crippen LogP contribution in [-0.2, 0) is 9.47 Å². The summed E-state index contributed by atoms with van der Waals surface area (Å²) in [5, 5.41) is 19.0. The van der Waals surface area contributed by atoms with E-state index in [2.05, 4.69) is 25.3 Å². The molecule has 1 aliphatic heterocycles. The number of ether oxygens (including phenoxy) is 2. The monoisotopic (exact) mass is 357 g/mol. The zero-order chi connectivity index (χ0) is 18.1. The lowest BCUT2D eigenvalue weighted by Crippen LogP contribution is -2.29. The van der Waals surface area contributed by atoms with Gasteiger partial charge in [0, 0.05) is 18.8 Å². The Morgan fingerprint density at radius 3 is 2.81 bits per heavy atom. The molecule has 4 heterocycles. The maximum absolute atomic E-state index is 10.4. The molecule has 0 bridgehead atoms. The highest BCUT2D eigenvalue weighted by Gasteiger charge is 2.55. The molecule has 1 saturated heterocycles. The lowest BCUT2D eigenvalue weighted by molar-refractivity contribution is -0.165. The van der Waals surface area contributed by atoms with E-state index in [1.807, 2.05) is 20.8 Å². The molecule has 10 nitrogen and oxygen atoms in total. The Morgan fingerprint density at radius 1 is 1.23 bits per heavy atom. The minimum atomic E-state index is -0.738. The van der Waals surface area contributed by atoms with Crippen molar-refractivity contribution < 1.29 is 14.6 Å². The summed E-state index contributed by atoms with van der Waals surface area (Å²) in [6, 6.07) is -0.216. The van der Waals surface area contributed by atoms with Gasteiger partial charge >= 0.3 is 0 Å². The Hall–Kier alpha value is -2.43. The Kier molecular flexibility index (Phi) is 3.21. The minimum Gasteiger partial charge on any atom is -0.390 e. The molecule has 0 spiro atoms. The molecular weight excluding hydrogens is 338 g/mol. The number of aromatic nitrogens is 7. The third-order valence-electron chi connectivity index (χ3n) is 4.89. The second-order valence-corrected chi connectivity index (χ2v) is 7.21. The molecular formula is C16H19N7O3. The van der Waals surface area contributed by atoms with E-state index >= 15 is 0 Å². The van der Waals surface area contributed by atoms with Gasteiger partial charge in [0.05, 0.1) is 12.1 Å². The Balaban J connectivity index is 1.63. The average Bonchev–Trinajstić information content (AvgIpc) is 3.32. The van der Waals surface area contributed by atoms with Crippen molar-refractivity contribution in [2.75, 3.05) is 0 Å². The smallest absolute Gasteiger partial charge is 0.184 e. The normalized spacial score (nSPS) is 30.2. The number of rotatable bonds is 2. The van der Waals surface area contributed by atoms with Crippen LogP contribution in [0.3, 0.4) is 0 Å². The van der Waals surface area contributed by atoms with Crippen molar-refractivity contribution in [2.24, 2.45) is 0 Å². The highest BCUT2D eigenvalue weighted by atomic mass is 16.8. The fourth-order valence-electron chi connectivity index (χ4n) is 3.88. The van der Waals surface area contributed by atoms with Crippen LogP contribution in [0.2, 0.25) is 0 Å². The third-order valence-corrected chi connectivity index (χ3v) is 4.89. The van der Waals surface area contributed by atoms with Gasteiger partial charge in [-0.3, -0.25) is 4.57 Å². The van der Waals surface area contributed by atoms with E-state index in [1.165, 1.54) is 0 Å². The van der Waals surface area contributed by atoms with Crippen LogP contribution < -0.4 is 0 Å². The largest absolute Gasteiger partial charge is 0.390 e. The maximum Gasteiger partial charge on any atom is 0.184 e. The first kappa shape index (κ1) is 15.8. The lowest BCUT2D eigenvalue weighted by Gasteiger charge is -2.22. The standard InChI is InChI=1S/C16H19N7O3/c1-8-18-14(22-5-4-17-7-22)11-15(19-8)23(21-20-11)9-6-10(24)13-12(9)25-16(2,3)26-13/h4-5,7,9-10,12-13,24H,6H2,1-3H3/t9-,10+,12+,13-/m1/s1. The van der Waals surface area contributed by atoms with E-state index < -0.39 is 11.9 Å². The molecule has 5 rings (SSSR count). The molecule has 136 valence electrons. The van der Waals surface area contributed by atoms with Gasteiger partial charge in [0.1, 0.15) is 24.4 Å². The van der Waals surface area contributed by atoms with Crippen molar-refractivity contribution in [3.8, 4) is 5.82 Å². The van der Waals surface area contributed by atoms with Crippen LogP contribution in [0, 0.1) is 6.92 Å². The lowest BCUT2D eigenvalue weighted by atomic mass is 10.2. The topological polar surface area (TPSA) is 113 Å². The summed E-state index contributed by atoms with van der Waals surface area (Å²) in [5.41, 5.74) is 1.18. The molecule has 2 aliphatic rings. The zero-order valence-corrected chi connectivity index (χ0v) is 14.6. The number of aryl methyl sites for hydroxylation is 1. The van der Waals surface area contributed by atoms with Crippen LogP contribution in [-0.4, -0.2) is 63.7 Å². The van der Waals surface area contributed by atoms with E-state index in [0.717, 1.165) is 0 Å². The molecule has 3 aromatic heterocycles. The van der Waals surface area contributed by atoms with Crippen molar-refractivity contribution in [3.05, 3.63) is 24.5 Å². The summed E-state index contributed by atoms with van der Waals surface area (Å²) < 4.78 is 15.4. The molecule has 2 fully saturated rings. The Bertz CT molecular complexity index is 968. The fourth-order valence-corrected chi connectivity index (χ4v) is 3.88. The molecule has 4 atom stereocenters. The van der Waals surface area contributed by atoms with E-state index in [4.69, 9.17) is 9.47 Å². The molecule has 1 N–H and O–H groups in total. The first-order valence-electron chi connectivity index (χ1n) is 8.54. The van der Waals surface area contributed by atoms with Gasteiger partial charge < -0.3 is 14.6 Å². The second-order valence-electron chi connectivity index (χ2n) is 7.21. The van der Waals surface area contributed by atoms with Crippen LogP contribution >= 0.6 is 0 Å². The third kappa shape index (κ3) is 2.26. The highest BCUT2D eigenvalue weighted by molar-refractivity contribution is 5.77. The summed E-state index contributed by atoms with van der Waals surface area (Å²) in [7, 11) is 0. The van der Waals surface area contributed by atoms with Gasteiger partial charge in [0.15, 0.2) is 22.8 Å². The van der Waals surface area contributed by atoms with Crippen molar-refractivity contribution in [1.29, 1.82) is 0 Å². The molecule has 26 heavy (non-hydrogen) atoms. The van der Waals surface area contributed by atoms with Gasteiger partial charge in [-0.2, -0.15) is 0 Å². The number of nitrogens with zero attached hydrogens (tertiary/aromatic N) is 7. The molecule has 3 aromatic rings. The average molecular weight is 357 g/mol. The van der Waals surface area contributed by atoms with Crippen LogP contribution in [0.1, 0.15) is 32.1 Å². The molecule has 10 heteroatoms. The highest BCUT2D eigenvalue weighted by Crippen LogP contribution is 2.44. The van der Waals surface area contributed by atoms with E-state index in [-0.39, 0.29) is 18.2 Å². The van der Waals surface area contributed by atoms with Gasteiger partial charge in [-0.15, -0.1) is 5.10 Å². The number of imidazole rings is 1. The van der Waals surface area contributed by atoms with E-state index in [0.29, 0.717) is 29.2 Å². The van der Waals surface area contributed by atoms with Crippen molar-refractivity contribution in [3.63, 3.8) is 0 Å². The fraction of sp³-hybridized carbons (Fsp3) is 0.562. The maximum atomic E-state index is 10.4. The molecule has 1 aliphatic carbocycles. The van der Waals surface area contributed by atoms with Crippen LogP contribution in [0.5, 0.6) is 0 Å². The second kappa shape index (κ2) is 5.29. The molecule has 0 amide bonds. The van der Waals surface area contributed by atoms with Crippen LogP contribution in [0.15, 0.2) is 18.7 Å². The van der Waals surface area contributed by atoms with Crippen LogP contribution in [0.25, 0.3) is 17.0 Å². The summed E-state index contributed by atoms with van der Waals surface area (Å²) >= 11 is 0. The quantitative estimate of drug-likeness (QED) is 0.707.